The third-order valence-corrected chi connectivity index (χ3v) is 2.80. The minimum absolute atomic E-state index is 0.0477. The van der Waals surface area contributed by atoms with Gasteiger partial charge in [0.05, 0.1) is 6.42 Å². The van der Waals surface area contributed by atoms with Crippen molar-refractivity contribution in [1.82, 2.24) is 5.32 Å². The first kappa shape index (κ1) is 13.6. The van der Waals surface area contributed by atoms with Gasteiger partial charge in [-0.05, 0) is 25.0 Å². The van der Waals surface area contributed by atoms with Crippen LogP contribution in [0.2, 0.25) is 0 Å². The average Bonchev–Trinajstić information content (AvgIpc) is 2.29. The molecule has 3 heteroatoms. The van der Waals surface area contributed by atoms with Gasteiger partial charge in [0.25, 0.3) is 0 Å². The van der Waals surface area contributed by atoms with Crippen LogP contribution in [0.25, 0.3) is 0 Å². The number of hydrogen-bond donors (Lipinski definition) is 2. The van der Waals surface area contributed by atoms with E-state index in [4.69, 9.17) is 5.73 Å². The Hall–Kier alpha value is -1.51. The van der Waals surface area contributed by atoms with Crippen molar-refractivity contribution in [3.63, 3.8) is 0 Å². The highest BCUT2D eigenvalue weighted by atomic mass is 16.1. The fraction of sp³-hybridized carbons (Fsp3) is 0.500. The molecule has 1 atom stereocenters. The van der Waals surface area contributed by atoms with Crippen molar-refractivity contribution in [2.45, 2.75) is 45.6 Å². The number of carbonyl (C=O) groups is 1. The summed E-state index contributed by atoms with van der Waals surface area (Å²) in [5.41, 5.74) is 7.38. The van der Waals surface area contributed by atoms with E-state index in [1.807, 2.05) is 31.2 Å². The van der Waals surface area contributed by atoms with Gasteiger partial charge in [-0.2, -0.15) is 0 Å². The smallest absolute Gasteiger partial charge is 0.224 e. The summed E-state index contributed by atoms with van der Waals surface area (Å²) >= 11 is 0. The van der Waals surface area contributed by atoms with Gasteiger partial charge in [0.2, 0.25) is 5.91 Å². The lowest BCUT2D eigenvalue weighted by Gasteiger charge is -2.13. The van der Waals surface area contributed by atoms with Crippen LogP contribution < -0.4 is 11.1 Å². The normalized spacial score (nSPS) is 12.1. The number of amides is 1. The first-order chi connectivity index (χ1) is 8.13. The average molecular weight is 234 g/mol. The highest BCUT2D eigenvalue weighted by Gasteiger charge is 2.09. The van der Waals surface area contributed by atoms with Crippen LogP contribution in [0.5, 0.6) is 0 Å². The fourth-order valence-electron chi connectivity index (χ4n) is 1.78. The number of nitrogen functional groups attached to an aromatic ring is 1. The lowest BCUT2D eigenvalue weighted by atomic mass is 10.1. The summed E-state index contributed by atoms with van der Waals surface area (Å²) in [6.45, 7) is 4.20. The number of anilines is 1. The molecule has 0 aliphatic rings. The van der Waals surface area contributed by atoms with Crippen LogP contribution in [0.15, 0.2) is 24.3 Å². The lowest BCUT2D eigenvalue weighted by molar-refractivity contribution is -0.121. The molecular weight excluding hydrogens is 212 g/mol. The topological polar surface area (TPSA) is 55.1 Å². The number of nitrogens with two attached hydrogens (primary N) is 1. The van der Waals surface area contributed by atoms with Crippen LogP contribution in [-0.4, -0.2) is 11.9 Å². The molecule has 0 aliphatic heterocycles. The summed E-state index contributed by atoms with van der Waals surface area (Å²) in [6, 6.07) is 7.74. The van der Waals surface area contributed by atoms with E-state index in [0.717, 1.165) is 24.8 Å². The molecule has 3 nitrogen and oxygen atoms in total. The summed E-state index contributed by atoms with van der Waals surface area (Å²) in [7, 11) is 0. The van der Waals surface area contributed by atoms with Crippen molar-refractivity contribution in [2.24, 2.45) is 0 Å². The second kappa shape index (κ2) is 6.94. The molecule has 0 bridgehead atoms. The SMILES string of the molecule is CCCCC(C)NC(=O)Cc1ccccc1N. The molecule has 0 heterocycles. The van der Waals surface area contributed by atoms with E-state index in [9.17, 15) is 4.79 Å². The first-order valence-electron chi connectivity index (χ1n) is 6.26. The third kappa shape index (κ3) is 4.89. The minimum Gasteiger partial charge on any atom is -0.398 e. The molecule has 1 rings (SSSR count). The van der Waals surface area contributed by atoms with E-state index in [1.165, 1.54) is 0 Å². The third-order valence-electron chi connectivity index (χ3n) is 2.80. The zero-order valence-electron chi connectivity index (χ0n) is 10.7. The summed E-state index contributed by atoms with van der Waals surface area (Å²) in [5, 5.41) is 3.00. The largest absolute Gasteiger partial charge is 0.398 e. The highest BCUT2D eigenvalue weighted by Crippen LogP contribution is 2.11. The molecule has 0 fully saturated rings. The van der Waals surface area contributed by atoms with Crippen LogP contribution in [0.1, 0.15) is 38.7 Å². The van der Waals surface area contributed by atoms with Crippen molar-refractivity contribution in [1.29, 1.82) is 0 Å². The minimum atomic E-state index is 0.0477. The van der Waals surface area contributed by atoms with E-state index < -0.39 is 0 Å². The molecule has 17 heavy (non-hydrogen) atoms. The van der Waals surface area contributed by atoms with Gasteiger partial charge in [-0.15, -0.1) is 0 Å². The van der Waals surface area contributed by atoms with Gasteiger partial charge in [-0.1, -0.05) is 38.0 Å². The maximum atomic E-state index is 11.8. The van der Waals surface area contributed by atoms with Gasteiger partial charge in [0, 0.05) is 11.7 Å². The van der Waals surface area contributed by atoms with Crippen LogP contribution in [0, 0.1) is 0 Å². The molecule has 1 amide bonds. The second-order valence-corrected chi connectivity index (χ2v) is 4.49. The summed E-state index contributed by atoms with van der Waals surface area (Å²) in [5.74, 6) is 0.0477. The molecule has 0 radical (unpaired) electrons. The first-order valence-corrected chi connectivity index (χ1v) is 6.26. The Kier molecular flexibility index (Phi) is 5.53. The number of nitrogens with one attached hydrogen (secondary N) is 1. The maximum Gasteiger partial charge on any atom is 0.224 e. The van der Waals surface area contributed by atoms with E-state index in [2.05, 4.69) is 12.2 Å². The predicted molar refractivity (Wildman–Crippen MR) is 71.7 cm³/mol. The van der Waals surface area contributed by atoms with Crippen LogP contribution in [0.4, 0.5) is 5.69 Å². The number of carbonyl (C=O) groups excluding carboxylic acids is 1. The molecular formula is C14H22N2O. The molecule has 1 aromatic rings. The van der Waals surface area contributed by atoms with Gasteiger partial charge in [0.15, 0.2) is 0 Å². The lowest BCUT2D eigenvalue weighted by Crippen LogP contribution is -2.33. The Bertz CT molecular complexity index is 363. The van der Waals surface area contributed by atoms with Gasteiger partial charge in [-0.25, -0.2) is 0 Å². The number of para-hydroxylation sites is 1. The zero-order valence-corrected chi connectivity index (χ0v) is 10.7. The second-order valence-electron chi connectivity index (χ2n) is 4.49. The zero-order chi connectivity index (χ0) is 12.7. The van der Waals surface area contributed by atoms with Crippen LogP contribution in [0.3, 0.4) is 0 Å². The monoisotopic (exact) mass is 234 g/mol. The maximum absolute atomic E-state index is 11.8. The Morgan fingerprint density at radius 2 is 2.12 bits per heavy atom. The van der Waals surface area contributed by atoms with Crippen molar-refractivity contribution in [3.8, 4) is 0 Å². The van der Waals surface area contributed by atoms with E-state index in [0.29, 0.717) is 12.1 Å². The quantitative estimate of drug-likeness (QED) is 0.743. The van der Waals surface area contributed by atoms with Crippen molar-refractivity contribution < 1.29 is 4.79 Å². The molecule has 94 valence electrons. The molecule has 1 aromatic carbocycles. The number of benzene rings is 1. The molecule has 0 spiro atoms. The molecule has 3 N–H and O–H groups in total. The number of rotatable bonds is 6. The van der Waals surface area contributed by atoms with Gasteiger partial charge >= 0.3 is 0 Å². The van der Waals surface area contributed by atoms with Crippen molar-refractivity contribution in [2.75, 3.05) is 5.73 Å². The predicted octanol–water partition coefficient (Wildman–Crippen LogP) is 2.51. The highest BCUT2D eigenvalue weighted by molar-refractivity contribution is 5.80. The standard InChI is InChI=1S/C14H22N2O/c1-3-4-7-11(2)16-14(17)10-12-8-5-6-9-13(12)15/h5-6,8-9,11H,3-4,7,10,15H2,1-2H3,(H,16,17). The van der Waals surface area contributed by atoms with Gasteiger partial charge in [-0.3, -0.25) is 4.79 Å². The van der Waals surface area contributed by atoms with Gasteiger partial charge < -0.3 is 11.1 Å². The van der Waals surface area contributed by atoms with Gasteiger partial charge in [0.1, 0.15) is 0 Å². The number of hydrogen-bond acceptors (Lipinski definition) is 2. The molecule has 0 aromatic heterocycles. The van der Waals surface area contributed by atoms with Crippen molar-refractivity contribution >= 4 is 11.6 Å². The van der Waals surface area contributed by atoms with E-state index in [1.54, 1.807) is 0 Å². The summed E-state index contributed by atoms with van der Waals surface area (Å²) in [6.07, 6.45) is 3.70. The van der Waals surface area contributed by atoms with E-state index in [-0.39, 0.29) is 11.9 Å². The van der Waals surface area contributed by atoms with E-state index >= 15 is 0 Å². The Labute approximate surface area is 103 Å². The molecule has 0 saturated carbocycles. The van der Waals surface area contributed by atoms with Crippen molar-refractivity contribution in [3.05, 3.63) is 29.8 Å². The number of unbranched alkanes of at least 4 members (excludes halogenated alkanes) is 1. The molecule has 0 aliphatic carbocycles. The Morgan fingerprint density at radius 3 is 2.76 bits per heavy atom. The molecule has 0 saturated heterocycles. The van der Waals surface area contributed by atoms with Crippen LogP contribution >= 0.6 is 0 Å². The van der Waals surface area contributed by atoms with Crippen LogP contribution in [-0.2, 0) is 11.2 Å². The Balaban J connectivity index is 2.42. The molecule has 1 unspecified atom stereocenters. The Morgan fingerprint density at radius 1 is 1.41 bits per heavy atom. The fourth-order valence-corrected chi connectivity index (χ4v) is 1.78. The summed E-state index contributed by atoms with van der Waals surface area (Å²) < 4.78 is 0. The summed E-state index contributed by atoms with van der Waals surface area (Å²) in [4.78, 5) is 11.8.